The van der Waals surface area contributed by atoms with Gasteiger partial charge in [0.25, 0.3) is 0 Å². The van der Waals surface area contributed by atoms with Crippen LogP contribution in [0.25, 0.3) is 0 Å². The summed E-state index contributed by atoms with van der Waals surface area (Å²) < 4.78 is 0. The fraction of sp³-hybridized carbons (Fsp3) is 1.00. The van der Waals surface area contributed by atoms with Crippen molar-refractivity contribution >= 4 is 0 Å². The minimum atomic E-state index is -0.238. The van der Waals surface area contributed by atoms with E-state index in [0.717, 1.165) is 13.1 Å². The molecule has 0 amide bonds. The first kappa shape index (κ1) is 11.0. The number of piperidine rings is 1. The predicted molar refractivity (Wildman–Crippen MR) is 54.7 cm³/mol. The van der Waals surface area contributed by atoms with E-state index >= 15 is 0 Å². The molecule has 0 aromatic rings. The molecule has 2 unspecified atom stereocenters. The number of likely N-dealkylation sites (N-methyl/N-ethyl adjacent to an activating group) is 1. The molecule has 2 atom stereocenters. The number of hydrogen-bond acceptors (Lipinski definition) is 3. The lowest BCUT2D eigenvalue weighted by Crippen LogP contribution is -2.46. The SMILES string of the molecule is CNC(C(C)O)C1CCN(C)CC1. The Morgan fingerprint density at radius 2 is 1.92 bits per heavy atom. The molecule has 1 rings (SSSR count). The van der Waals surface area contributed by atoms with Crippen LogP contribution in [0.1, 0.15) is 19.8 Å². The van der Waals surface area contributed by atoms with Crippen molar-refractivity contribution < 1.29 is 5.11 Å². The van der Waals surface area contributed by atoms with E-state index in [2.05, 4.69) is 17.3 Å². The summed E-state index contributed by atoms with van der Waals surface area (Å²) in [5.74, 6) is 0.640. The molecule has 0 radical (unpaired) electrons. The molecule has 1 heterocycles. The molecule has 0 aliphatic carbocycles. The number of hydrogen-bond donors (Lipinski definition) is 2. The highest BCUT2D eigenvalue weighted by Crippen LogP contribution is 2.21. The van der Waals surface area contributed by atoms with Gasteiger partial charge in [0, 0.05) is 6.04 Å². The summed E-state index contributed by atoms with van der Waals surface area (Å²) in [7, 11) is 4.10. The van der Waals surface area contributed by atoms with Crippen molar-refractivity contribution in [2.24, 2.45) is 5.92 Å². The average Bonchev–Trinajstić information content (AvgIpc) is 2.09. The van der Waals surface area contributed by atoms with Gasteiger partial charge in [-0.2, -0.15) is 0 Å². The molecule has 3 heteroatoms. The third-order valence-electron chi connectivity index (χ3n) is 3.12. The Morgan fingerprint density at radius 3 is 2.31 bits per heavy atom. The zero-order valence-electron chi connectivity index (χ0n) is 8.95. The van der Waals surface area contributed by atoms with Gasteiger partial charge in [-0.25, -0.2) is 0 Å². The average molecular weight is 186 g/mol. The molecule has 13 heavy (non-hydrogen) atoms. The van der Waals surface area contributed by atoms with Crippen molar-refractivity contribution in [1.82, 2.24) is 10.2 Å². The first-order valence-corrected chi connectivity index (χ1v) is 5.19. The van der Waals surface area contributed by atoms with E-state index in [-0.39, 0.29) is 12.1 Å². The van der Waals surface area contributed by atoms with Crippen LogP contribution in [0.5, 0.6) is 0 Å². The molecule has 3 nitrogen and oxygen atoms in total. The lowest BCUT2D eigenvalue weighted by Gasteiger charge is -2.35. The maximum Gasteiger partial charge on any atom is 0.0667 e. The van der Waals surface area contributed by atoms with Crippen molar-refractivity contribution in [2.45, 2.75) is 31.9 Å². The third-order valence-corrected chi connectivity index (χ3v) is 3.12. The summed E-state index contributed by atoms with van der Waals surface area (Å²) in [4.78, 5) is 2.35. The summed E-state index contributed by atoms with van der Waals surface area (Å²) in [6.45, 7) is 4.20. The minimum Gasteiger partial charge on any atom is -0.392 e. The van der Waals surface area contributed by atoms with Crippen LogP contribution in [0.15, 0.2) is 0 Å². The van der Waals surface area contributed by atoms with Gasteiger partial charge in [-0.05, 0) is 52.9 Å². The second kappa shape index (κ2) is 4.94. The monoisotopic (exact) mass is 186 g/mol. The zero-order valence-corrected chi connectivity index (χ0v) is 8.95. The van der Waals surface area contributed by atoms with Gasteiger partial charge in [-0.1, -0.05) is 0 Å². The number of aliphatic hydroxyl groups is 1. The normalized spacial score (nSPS) is 25.8. The Bertz CT molecular complexity index is 142. The Kier molecular flexibility index (Phi) is 4.16. The zero-order chi connectivity index (χ0) is 9.84. The first-order valence-electron chi connectivity index (χ1n) is 5.19. The van der Waals surface area contributed by atoms with Crippen molar-refractivity contribution in [3.05, 3.63) is 0 Å². The van der Waals surface area contributed by atoms with E-state index in [4.69, 9.17) is 0 Å². The maximum atomic E-state index is 9.55. The first-order chi connectivity index (χ1) is 6.15. The molecular formula is C10H22N2O. The molecule has 0 aromatic carbocycles. The molecule has 1 saturated heterocycles. The fourth-order valence-electron chi connectivity index (χ4n) is 2.26. The summed E-state index contributed by atoms with van der Waals surface area (Å²) in [5, 5.41) is 12.8. The van der Waals surface area contributed by atoms with E-state index in [1.807, 2.05) is 14.0 Å². The Labute approximate surface area is 81.1 Å². The molecule has 78 valence electrons. The van der Waals surface area contributed by atoms with Gasteiger partial charge in [0.05, 0.1) is 6.10 Å². The molecule has 0 aromatic heterocycles. The Hall–Kier alpha value is -0.120. The molecule has 0 saturated carbocycles. The van der Waals surface area contributed by atoms with Crippen molar-refractivity contribution in [2.75, 3.05) is 27.2 Å². The quantitative estimate of drug-likeness (QED) is 0.665. The van der Waals surface area contributed by atoms with E-state index < -0.39 is 0 Å². The second-order valence-electron chi connectivity index (χ2n) is 4.20. The number of aliphatic hydroxyl groups excluding tert-OH is 1. The summed E-state index contributed by atoms with van der Waals surface area (Å²) in [6, 6.07) is 0.272. The standard InChI is InChI=1S/C10H22N2O/c1-8(13)10(11-2)9-4-6-12(3)7-5-9/h8-11,13H,4-7H2,1-3H3. The van der Waals surface area contributed by atoms with E-state index in [1.165, 1.54) is 12.8 Å². The molecule has 2 N–H and O–H groups in total. The van der Waals surface area contributed by atoms with E-state index in [9.17, 15) is 5.11 Å². The lowest BCUT2D eigenvalue weighted by atomic mass is 9.87. The van der Waals surface area contributed by atoms with Gasteiger partial charge >= 0.3 is 0 Å². The molecular weight excluding hydrogens is 164 g/mol. The lowest BCUT2D eigenvalue weighted by molar-refractivity contribution is 0.0876. The van der Waals surface area contributed by atoms with Crippen LogP contribution < -0.4 is 5.32 Å². The molecule has 0 bridgehead atoms. The Balaban J connectivity index is 2.41. The van der Waals surface area contributed by atoms with Crippen LogP contribution in [0.3, 0.4) is 0 Å². The van der Waals surface area contributed by atoms with Gasteiger partial charge in [0.2, 0.25) is 0 Å². The molecule has 1 fully saturated rings. The summed E-state index contributed by atoms with van der Waals surface area (Å²) in [6.07, 6.45) is 2.17. The van der Waals surface area contributed by atoms with Crippen molar-refractivity contribution in [1.29, 1.82) is 0 Å². The largest absolute Gasteiger partial charge is 0.392 e. The van der Waals surface area contributed by atoms with E-state index in [1.54, 1.807) is 0 Å². The van der Waals surface area contributed by atoms with Crippen LogP contribution >= 0.6 is 0 Å². The van der Waals surface area contributed by atoms with Gasteiger partial charge in [-0.15, -0.1) is 0 Å². The molecule has 0 spiro atoms. The number of nitrogens with one attached hydrogen (secondary N) is 1. The van der Waals surface area contributed by atoms with Crippen LogP contribution in [0.2, 0.25) is 0 Å². The highest BCUT2D eigenvalue weighted by molar-refractivity contribution is 4.83. The Morgan fingerprint density at radius 1 is 1.38 bits per heavy atom. The third kappa shape index (κ3) is 2.93. The minimum absolute atomic E-state index is 0.238. The number of nitrogens with zero attached hydrogens (tertiary/aromatic N) is 1. The van der Waals surface area contributed by atoms with Crippen molar-refractivity contribution in [3.63, 3.8) is 0 Å². The topological polar surface area (TPSA) is 35.5 Å². The van der Waals surface area contributed by atoms with Crippen LogP contribution in [0, 0.1) is 5.92 Å². The van der Waals surface area contributed by atoms with Crippen molar-refractivity contribution in [3.8, 4) is 0 Å². The summed E-state index contributed by atoms with van der Waals surface area (Å²) in [5.41, 5.74) is 0. The smallest absolute Gasteiger partial charge is 0.0667 e. The number of likely N-dealkylation sites (tertiary alicyclic amines) is 1. The highest BCUT2D eigenvalue weighted by atomic mass is 16.3. The van der Waals surface area contributed by atoms with Crippen LogP contribution in [-0.4, -0.2) is 49.3 Å². The fourth-order valence-corrected chi connectivity index (χ4v) is 2.26. The predicted octanol–water partition coefficient (Wildman–Crippen LogP) is 0.297. The summed E-state index contributed by atoms with van der Waals surface area (Å²) >= 11 is 0. The van der Waals surface area contributed by atoms with Gasteiger partial charge in [0.1, 0.15) is 0 Å². The molecule has 1 aliphatic rings. The van der Waals surface area contributed by atoms with Crippen LogP contribution in [0.4, 0.5) is 0 Å². The van der Waals surface area contributed by atoms with E-state index in [0.29, 0.717) is 5.92 Å². The van der Waals surface area contributed by atoms with Crippen LogP contribution in [-0.2, 0) is 0 Å². The van der Waals surface area contributed by atoms with Gasteiger partial charge < -0.3 is 15.3 Å². The second-order valence-corrected chi connectivity index (χ2v) is 4.20. The molecule has 1 aliphatic heterocycles. The van der Waals surface area contributed by atoms with Gasteiger partial charge in [0.15, 0.2) is 0 Å². The highest BCUT2D eigenvalue weighted by Gasteiger charge is 2.26. The number of rotatable bonds is 3. The van der Waals surface area contributed by atoms with Gasteiger partial charge in [-0.3, -0.25) is 0 Å². The maximum absolute atomic E-state index is 9.55.